The van der Waals surface area contributed by atoms with Crippen molar-refractivity contribution in [3.8, 4) is 0 Å². The lowest BCUT2D eigenvalue weighted by Crippen LogP contribution is -2.46. The predicted molar refractivity (Wildman–Crippen MR) is 119 cm³/mol. The summed E-state index contributed by atoms with van der Waals surface area (Å²) in [5, 5.41) is 3.49. The number of nitrogens with zero attached hydrogens (tertiary/aromatic N) is 1. The third-order valence-electron chi connectivity index (χ3n) is 5.58. The van der Waals surface area contributed by atoms with Crippen LogP contribution in [0.3, 0.4) is 0 Å². The second kappa shape index (κ2) is 9.77. The lowest BCUT2D eigenvalue weighted by Gasteiger charge is -2.36. The van der Waals surface area contributed by atoms with Gasteiger partial charge in [-0.2, -0.15) is 4.31 Å². The highest BCUT2D eigenvalue weighted by Gasteiger charge is 2.35. The lowest BCUT2D eigenvalue weighted by molar-refractivity contribution is 0.220. The fourth-order valence-corrected chi connectivity index (χ4v) is 6.06. The minimum absolute atomic E-state index is 0.138. The highest BCUT2D eigenvalue weighted by Crippen LogP contribution is 2.34. The van der Waals surface area contributed by atoms with Gasteiger partial charge in [-0.05, 0) is 59.0 Å². The van der Waals surface area contributed by atoms with E-state index in [2.05, 4.69) is 21.2 Å². The number of benzene rings is 2. The molecule has 0 heterocycles. The largest absolute Gasteiger partial charge is 0.383 e. The molecule has 29 heavy (non-hydrogen) atoms. The number of sulfonamides is 1. The molecule has 0 amide bonds. The summed E-state index contributed by atoms with van der Waals surface area (Å²) in [6.07, 6.45) is 5.27. The average Bonchev–Trinajstić information content (AvgIpc) is 2.72. The van der Waals surface area contributed by atoms with Gasteiger partial charge in [-0.1, -0.05) is 49.1 Å². The van der Waals surface area contributed by atoms with E-state index >= 15 is 0 Å². The SMILES string of the molecule is CN([C@@H](CNc1ccccc1)C1CCCCC1)S(=O)(=O)c1cc(Br)c(Cl)cc1F. The Morgan fingerprint density at radius 1 is 1.21 bits per heavy atom. The van der Waals surface area contributed by atoms with Crippen LogP contribution in [0.25, 0.3) is 0 Å². The highest BCUT2D eigenvalue weighted by atomic mass is 79.9. The zero-order valence-corrected chi connectivity index (χ0v) is 19.4. The third kappa shape index (κ3) is 5.32. The first kappa shape index (κ1) is 22.5. The summed E-state index contributed by atoms with van der Waals surface area (Å²) in [6.45, 7) is 0.459. The van der Waals surface area contributed by atoms with Crippen molar-refractivity contribution < 1.29 is 12.8 Å². The van der Waals surface area contributed by atoms with Crippen LogP contribution in [0.1, 0.15) is 32.1 Å². The zero-order valence-electron chi connectivity index (χ0n) is 16.2. The Kier molecular flexibility index (Phi) is 7.59. The van der Waals surface area contributed by atoms with Crippen molar-refractivity contribution in [1.29, 1.82) is 0 Å². The van der Waals surface area contributed by atoms with Crippen molar-refractivity contribution >= 4 is 43.2 Å². The van der Waals surface area contributed by atoms with Gasteiger partial charge in [0, 0.05) is 29.8 Å². The van der Waals surface area contributed by atoms with E-state index in [1.54, 1.807) is 7.05 Å². The maximum absolute atomic E-state index is 14.5. The molecule has 1 N–H and O–H groups in total. The predicted octanol–water partition coefficient (Wildman–Crippen LogP) is 5.92. The van der Waals surface area contributed by atoms with Crippen LogP contribution in [0.15, 0.2) is 51.8 Å². The molecular formula is C21H25BrClFN2O2S. The molecular weight excluding hydrogens is 479 g/mol. The number of para-hydroxylation sites is 1. The minimum Gasteiger partial charge on any atom is -0.383 e. The van der Waals surface area contributed by atoms with E-state index < -0.39 is 15.8 Å². The van der Waals surface area contributed by atoms with E-state index in [0.717, 1.165) is 37.4 Å². The third-order valence-corrected chi connectivity index (χ3v) is 8.68. The molecule has 2 aromatic rings. The molecule has 1 saturated carbocycles. The van der Waals surface area contributed by atoms with Gasteiger partial charge in [0.1, 0.15) is 10.7 Å². The van der Waals surface area contributed by atoms with Crippen molar-refractivity contribution in [3.63, 3.8) is 0 Å². The molecule has 1 atom stereocenters. The number of halogens is 3. The van der Waals surface area contributed by atoms with Crippen LogP contribution in [0.5, 0.6) is 0 Å². The summed E-state index contributed by atoms with van der Waals surface area (Å²) in [6, 6.07) is 11.7. The smallest absolute Gasteiger partial charge is 0.246 e. The first-order chi connectivity index (χ1) is 13.8. The van der Waals surface area contributed by atoms with E-state index in [0.29, 0.717) is 11.0 Å². The van der Waals surface area contributed by atoms with E-state index in [1.165, 1.54) is 16.8 Å². The van der Waals surface area contributed by atoms with Gasteiger partial charge in [-0.15, -0.1) is 0 Å². The van der Waals surface area contributed by atoms with Crippen LogP contribution in [-0.2, 0) is 10.0 Å². The molecule has 0 aliphatic heterocycles. The summed E-state index contributed by atoms with van der Waals surface area (Å²) >= 11 is 9.11. The molecule has 0 saturated heterocycles. The summed E-state index contributed by atoms with van der Waals surface area (Å²) in [5.41, 5.74) is 0.930. The van der Waals surface area contributed by atoms with Crippen molar-refractivity contribution in [2.24, 2.45) is 5.92 Å². The Bertz CT molecular complexity index is 937. The standard InChI is InChI=1S/C21H25BrClFN2O2S/c1-26(29(27,28)21-12-17(22)18(23)13-19(21)24)20(15-8-4-2-5-9-15)14-25-16-10-6-3-7-11-16/h3,6-7,10-13,15,20,25H,2,4-5,8-9,14H2,1H3/t20-/m0/s1. The maximum Gasteiger partial charge on any atom is 0.246 e. The maximum atomic E-state index is 14.5. The average molecular weight is 504 g/mol. The molecule has 3 rings (SSSR count). The first-order valence-corrected chi connectivity index (χ1v) is 12.3. The number of likely N-dealkylation sites (N-methyl/N-ethyl adjacent to an activating group) is 1. The Balaban J connectivity index is 1.90. The topological polar surface area (TPSA) is 49.4 Å². The molecule has 2 aromatic carbocycles. The van der Waals surface area contributed by atoms with Gasteiger partial charge in [0.2, 0.25) is 10.0 Å². The molecule has 8 heteroatoms. The summed E-state index contributed by atoms with van der Waals surface area (Å²) < 4.78 is 42.8. The minimum atomic E-state index is -4.03. The van der Waals surface area contributed by atoms with Crippen molar-refractivity contribution in [1.82, 2.24) is 4.31 Å². The van der Waals surface area contributed by atoms with Gasteiger partial charge in [0.15, 0.2) is 0 Å². The van der Waals surface area contributed by atoms with Gasteiger partial charge in [-0.25, -0.2) is 12.8 Å². The van der Waals surface area contributed by atoms with Crippen LogP contribution in [0, 0.1) is 11.7 Å². The van der Waals surface area contributed by atoms with E-state index in [4.69, 9.17) is 11.6 Å². The van der Waals surface area contributed by atoms with Gasteiger partial charge < -0.3 is 5.32 Å². The summed E-state index contributed by atoms with van der Waals surface area (Å²) in [4.78, 5) is -0.364. The van der Waals surface area contributed by atoms with Gasteiger partial charge in [0.05, 0.1) is 5.02 Å². The van der Waals surface area contributed by atoms with Gasteiger partial charge >= 0.3 is 0 Å². The lowest BCUT2D eigenvalue weighted by atomic mass is 9.84. The molecule has 0 spiro atoms. The van der Waals surface area contributed by atoms with Crippen LogP contribution in [-0.4, -0.2) is 32.4 Å². The van der Waals surface area contributed by atoms with Crippen molar-refractivity contribution in [3.05, 3.63) is 57.8 Å². The number of rotatable bonds is 7. The molecule has 0 unspecified atom stereocenters. The van der Waals surface area contributed by atoms with Crippen molar-refractivity contribution in [2.75, 3.05) is 18.9 Å². The number of hydrogen-bond acceptors (Lipinski definition) is 3. The molecule has 0 aromatic heterocycles. The second-order valence-electron chi connectivity index (χ2n) is 7.43. The Hall–Kier alpha value is -1.15. The van der Waals surface area contributed by atoms with E-state index in [-0.39, 0.29) is 21.9 Å². The second-order valence-corrected chi connectivity index (χ2v) is 10.7. The van der Waals surface area contributed by atoms with Crippen LogP contribution in [0.4, 0.5) is 10.1 Å². The van der Waals surface area contributed by atoms with E-state index in [9.17, 15) is 12.8 Å². The molecule has 0 bridgehead atoms. The quantitative estimate of drug-likeness (QED) is 0.477. The fraction of sp³-hybridized carbons (Fsp3) is 0.429. The molecule has 0 radical (unpaired) electrons. The van der Waals surface area contributed by atoms with Crippen molar-refractivity contribution in [2.45, 2.75) is 43.0 Å². The highest BCUT2D eigenvalue weighted by molar-refractivity contribution is 9.10. The van der Waals surface area contributed by atoms with Gasteiger partial charge in [0.25, 0.3) is 0 Å². The number of nitrogens with one attached hydrogen (secondary N) is 1. The molecule has 1 aliphatic carbocycles. The van der Waals surface area contributed by atoms with Crippen LogP contribution < -0.4 is 5.32 Å². The Morgan fingerprint density at radius 3 is 2.52 bits per heavy atom. The zero-order chi connectivity index (χ0) is 21.0. The monoisotopic (exact) mass is 502 g/mol. The fourth-order valence-electron chi connectivity index (χ4n) is 3.92. The number of anilines is 1. The Labute approximate surface area is 185 Å². The summed E-state index contributed by atoms with van der Waals surface area (Å²) in [5.74, 6) is -0.623. The molecule has 1 aliphatic rings. The Morgan fingerprint density at radius 2 is 1.86 bits per heavy atom. The summed E-state index contributed by atoms with van der Waals surface area (Å²) in [7, 11) is -2.49. The first-order valence-electron chi connectivity index (χ1n) is 9.72. The van der Waals surface area contributed by atoms with Crippen LogP contribution >= 0.6 is 27.5 Å². The number of hydrogen-bond donors (Lipinski definition) is 1. The molecule has 1 fully saturated rings. The van der Waals surface area contributed by atoms with E-state index in [1.807, 2.05) is 30.3 Å². The van der Waals surface area contributed by atoms with Gasteiger partial charge in [-0.3, -0.25) is 0 Å². The van der Waals surface area contributed by atoms with Crippen LogP contribution in [0.2, 0.25) is 5.02 Å². The molecule has 4 nitrogen and oxygen atoms in total. The molecule has 158 valence electrons. The normalized spacial score (nSPS) is 16.7.